The second-order valence-corrected chi connectivity index (χ2v) is 9.09. The summed E-state index contributed by atoms with van der Waals surface area (Å²) in [5, 5.41) is 0. The van der Waals surface area contributed by atoms with E-state index in [0.29, 0.717) is 25.7 Å². The number of hydrogen-bond donors (Lipinski definition) is 0. The van der Waals surface area contributed by atoms with Crippen molar-refractivity contribution in [2.75, 3.05) is 7.11 Å². The van der Waals surface area contributed by atoms with Gasteiger partial charge in [0.15, 0.2) is 0 Å². The van der Waals surface area contributed by atoms with E-state index in [0.717, 1.165) is 16.7 Å². The van der Waals surface area contributed by atoms with Crippen LogP contribution in [0.1, 0.15) is 70.1 Å². The number of ketones is 1. The fourth-order valence-electron chi connectivity index (χ4n) is 3.82. The van der Waals surface area contributed by atoms with Crippen LogP contribution in [0.2, 0.25) is 0 Å². The minimum Gasteiger partial charge on any atom is -0.462 e. The average Bonchev–Trinajstić information content (AvgIpc) is 2.86. The van der Waals surface area contributed by atoms with Crippen LogP contribution in [0.3, 0.4) is 0 Å². The molecule has 3 radical (unpaired) electrons. The quantitative estimate of drug-likeness (QED) is 0.206. The van der Waals surface area contributed by atoms with Gasteiger partial charge in [0.2, 0.25) is 0 Å². The maximum atomic E-state index is 12.9. The Morgan fingerprint density at radius 1 is 0.816 bits per heavy atom. The lowest BCUT2D eigenvalue weighted by atomic mass is 10.0. The van der Waals surface area contributed by atoms with Crippen LogP contribution in [0.15, 0.2) is 61.2 Å². The first-order valence-corrected chi connectivity index (χ1v) is 12.5. The molecule has 7 heteroatoms. The number of Topliss-reactive ketones (excluding diaryl/α,β-unsaturated/α-hetero) is 1. The number of methoxy groups -OCH3 is 1. The van der Waals surface area contributed by atoms with Gasteiger partial charge in [0, 0.05) is 21.9 Å². The Bertz CT molecular complexity index is 974. The Hall–Kier alpha value is -3.19. The summed E-state index contributed by atoms with van der Waals surface area (Å²) >= 11 is 0. The van der Waals surface area contributed by atoms with Crippen molar-refractivity contribution in [1.82, 2.24) is 0 Å². The van der Waals surface area contributed by atoms with Crippen molar-refractivity contribution < 1.29 is 28.6 Å². The van der Waals surface area contributed by atoms with Crippen LogP contribution in [0.4, 0.5) is 0 Å². The van der Waals surface area contributed by atoms with E-state index >= 15 is 0 Å². The van der Waals surface area contributed by atoms with Gasteiger partial charge in [0.05, 0.1) is 18.9 Å². The molecule has 2 aromatic rings. The topological polar surface area (TPSA) is 78.9 Å². The predicted octanol–water partition coefficient (Wildman–Crippen LogP) is 5.77. The Labute approximate surface area is 230 Å². The second kappa shape index (κ2) is 19.0. The molecule has 2 rings (SSSR count). The molecule has 0 heterocycles. The zero-order valence-electron chi connectivity index (χ0n) is 22.2. The van der Waals surface area contributed by atoms with Crippen LogP contribution in [-0.2, 0) is 41.4 Å². The molecule has 3 atom stereocenters. The summed E-state index contributed by atoms with van der Waals surface area (Å²) in [5.74, 6) is -0.942. The third-order valence-electron chi connectivity index (χ3n) is 5.93. The van der Waals surface area contributed by atoms with E-state index in [9.17, 15) is 14.4 Å². The first kappa shape index (κ1) is 34.8. The van der Waals surface area contributed by atoms with Crippen molar-refractivity contribution in [3.63, 3.8) is 0 Å². The third-order valence-corrected chi connectivity index (χ3v) is 5.93. The van der Waals surface area contributed by atoms with E-state index < -0.39 is 24.1 Å². The van der Waals surface area contributed by atoms with Gasteiger partial charge in [0.25, 0.3) is 0 Å². The zero-order chi connectivity index (χ0) is 26.3. The van der Waals surface area contributed by atoms with Crippen LogP contribution in [-0.4, -0.2) is 51.6 Å². The highest BCUT2D eigenvalue weighted by atomic mass is 16.6. The molecule has 0 spiro atoms. The van der Waals surface area contributed by atoms with Crippen LogP contribution < -0.4 is 0 Å². The highest BCUT2D eigenvalue weighted by molar-refractivity contribution is 5.77. The van der Waals surface area contributed by atoms with Crippen LogP contribution >= 0.6 is 0 Å². The van der Waals surface area contributed by atoms with Gasteiger partial charge in [-0.1, -0.05) is 74.7 Å². The fourth-order valence-corrected chi connectivity index (χ4v) is 3.82. The summed E-state index contributed by atoms with van der Waals surface area (Å²) in [5.41, 5.74) is 3.20. The van der Waals surface area contributed by atoms with Crippen molar-refractivity contribution >= 4 is 32.2 Å². The van der Waals surface area contributed by atoms with Gasteiger partial charge in [0.1, 0.15) is 18.0 Å². The van der Waals surface area contributed by atoms with Gasteiger partial charge in [-0.2, -0.15) is 0 Å². The Balaban J connectivity index is 0.00000684. The maximum absolute atomic E-state index is 12.9. The number of rotatable bonds is 16. The monoisotopic (exact) mass is 521 g/mol. The third kappa shape index (κ3) is 13.9. The molecular formula is C31H42BO6. The average molecular weight is 521 g/mol. The number of benzene rings is 2. The molecule has 0 N–H and O–H groups in total. The molecule has 0 aromatic heterocycles. The lowest BCUT2D eigenvalue weighted by molar-refractivity contribution is -0.159. The summed E-state index contributed by atoms with van der Waals surface area (Å²) in [4.78, 5) is 37.0. The Kier molecular flexibility index (Phi) is 17.4. The van der Waals surface area contributed by atoms with Gasteiger partial charge in [-0.15, -0.1) is 0 Å². The van der Waals surface area contributed by atoms with Crippen LogP contribution in [0.25, 0.3) is 6.08 Å². The SMILES string of the molecule is C.C=Cc1ccc(CCC(CC(=O)OC(CCc2ccccc2)CC(C)=O)OC(=O)CC(C)OC)cc1.[B]. The molecule has 0 aliphatic heterocycles. The molecule has 0 fully saturated rings. The molecule has 0 saturated heterocycles. The standard InChI is InChI=1S/C30H38O6.CH4.B/c1-5-24-11-13-26(14-12-24)16-18-28(36-29(32)20-23(3)34-4)21-30(33)35-27(19-22(2)31)17-15-25-9-7-6-8-10-25;;/h5-14,23,27-28H,1,15-21H2,2-4H3;1H4;. The highest BCUT2D eigenvalue weighted by Crippen LogP contribution is 2.17. The van der Waals surface area contributed by atoms with Crippen molar-refractivity contribution in [2.24, 2.45) is 0 Å². The summed E-state index contributed by atoms with van der Waals surface area (Å²) in [6, 6.07) is 17.8. The van der Waals surface area contributed by atoms with Gasteiger partial charge in [-0.3, -0.25) is 14.4 Å². The van der Waals surface area contributed by atoms with Crippen molar-refractivity contribution in [1.29, 1.82) is 0 Å². The zero-order valence-corrected chi connectivity index (χ0v) is 22.2. The van der Waals surface area contributed by atoms with Gasteiger partial charge in [-0.25, -0.2) is 0 Å². The van der Waals surface area contributed by atoms with Gasteiger partial charge >= 0.3 is 11.9 Å². The number of aryl methyl sites for hydroxylation is 2. The van der Waals surface area contributed by atoms with E-state index in [1.807, 2.05) is 54.6 Å². The molecule has 38 heavy (non-hydrogen) atoms. The van der Waals surface area contributed by atoms with Gasteiger partial charge < -0.3 is 14.2 Å². The van der Waals surface area contributed by atoms with Crippen LogP contribution in [0.5, 0.6) is 0 Å². The number of ether oxygens (including phenoxy) is 3. The summed E-state index contributed by atoms with van der Waals surface area (Å²) in [7, 11) is 1.53. The van der Waals surface area contributed by atoms with E-state index in [1.165, 1.54) is 14.0 Å². The molecule has 2 aromatic carbocycles. The maximum Gasteiger partial charge on any atom is 0.309 e. The number of carbonyl (C=O) groups excluding carboxylic acids is 3. The molecule has 0 saturated carbocycles. The molecule has 0 aliphatic rings. The first-order chi connectivity index (χ1) is 17.3. The summed E-state index contributed by atoms with van der Waals surface area (Å²) < 4.78 is 16.5. The Morgan fingerprint density at radius 2 is 1.32 bits per heavy atom. The largest absolute Gasteiger partial charge is 0.462 e. The predicted molar refractivity (Wildman–Crippen MR) is 153 cm³/mol. The Morgan fingerprint density at radius 3 is 1.82 bits per heavy atom. The van der Waals surface area contributed by atoms with E-state index in [-0.39, 0.29) is 47.0 Å². The molecule has 0 aliphatic carbocycles. The first-order valence-electron chi connectivity index (χ1n) is 12.5. The lowest BCUT2D eigenvalue weighted by Gasteiger charge is -2.21. The fraction of sp³-hybridized carbons (Fsp3) is 0.452. The normalized spacial score (nSPS) is 12.6. The molecular weight excluding hydrogens is 479 g/mol. The molecule has 0 bridgehead atoms. The minimum atomic E-state index is -0.639. The number of carbonyl (C=O) groups is 3. The van der Waals surface area contributed by atoms with E-state index in [1.54, 1.807) is 13.0 Å². The summed E-state index contributed by atoms with van der Waals surface area (Å²) in [6.07, 6.45) is 2.85. The molecule has 6 nitrogen and oxygen atoms in total. The summed E-state index contributed by atoms with van der Waals surface area (Å²) in [6.45, 7) is 7.03. The van der Waals surface area contributed by atoms with E-state index in [4.69, 9.17) is 14.2 Å². The minimum absolute atomic E-state index is 0. The highest BCUT2D eigenvalue weighted by Gasteiger charge is 2.24. The number of esters is 2. The molecule has 205 valence electrons. The van der Waals surface area contributed by atoms with Crippen molar-refractivity contribution in [3.8, 4) is 0 Å². The van der Waals surface area contributed by atoms with E-state index in [2.05, 4.69) is 6.58 Å². The van der Waals surface area contributed by atoms with Crippen molar-refractivity contribution in [3.05, 3.63) is 77.9 Å². The lowest BCUT2D eigenvalue weighted by Crippen LogP contribution is -2.28. The van der Waals surface area contributed by atoms with Crippen molar-refractivity contribution in [2.45, 2.75) is 84.5 Å². The second-order valence-electron chi connectivity index (χ2n) is 9.09. The van der Waals surface area contributed by atoms with Gasteiger partial charge in [-0.05, 0) is 56.2 Å². The molecule has 0 amide bonds. The smallest absolute Gasteiger partial charge is 0.309 e. The van der Waals surface area contributed by atoms with Crippen LogP contribution in [0, 0.1) is 0 Å². The molecule has 3 unspecified atom stereocenters. The number of hydrogen-bond acceptors (Lipinski definition) is 6.